The van der Waals surface area contributed by atoms with Crippen molar-refractivity contribution in [1.82, 2.24) is 4.98 Å². The fourth-order valence-corrected chi connectivity index (χ4v) is 0.572. The van der Waals surface area contributed by atoms with Crippen molar-refractivity contribution in [1.29, 1.82) is 0 Å². The minimum atomic E-state index is -2.27. The minimum absolute atomic E-state index is 0.0720. The molecule has 58 valence electrons. The zero-order chi connectivity index (χ0) is 10.8. The van der Waals surface area contributed by atoms with Gasteiger partial charge in [0, 0.05) is 9.81 Å². The van der Waals surface area contributed by atoms with Crippen LogP contribution in [0.25, 0.3) is 0 Å². The topological polar surface area (TPSA) is 62.6 Å². The molecule has 0 aliphatic carbocycles. The molecule has 4 nitrogen and oxygen atoms in total. The summed E-state index contributed by atoms with van der Waals surface area (Å²) in [5, 5.41) is 16.9. The molecule has 1 aromatic heterocycles. The standard InChI is InChI=1S/C6H8BNO3/c1-5-2-3-6(4-8-5)11-7(9)10/h2-4,9-10H,1H3/i1D3. The summed E-state index contributed by atoms with van der Waals surface area (Å²) < 4.78 is 25.5. The fraction of sp³-hybridized carbons (Fsp3) is 0.167. The maximum absolute atomic E-state index is 8.43. The third kappa shape index (κ3) is 2.57. The summed E-state index contributed by atoms with van der Waals surface area (Å²) in [6, 6.07) is 2.54. The first-order chi connectivity index (χ1) is 6.39. The molecular formula is C6H8BNO3. The Kier molecular flexibility index (Phi) is 1.45. The van der Waals surface area contributed by atoms with Crippen LogP contribution >= 0.6 is 0 Å². The number of nitrogens with zero attached hydrogens (tertiary/aromatic N) is 1. The Bertz CT molecular complexity index is 300. The molecule has 11 heavy (non-hydrogen) atoms. The van der Waals surface area contributed by atoms with Gasteiger partial charge in [0.25, 0.3) is 0 Å². The van der Waals surface area contributed by atoms with Gasteiger partial charge in [-0.25, -0.2) is 0 Å². The molecule has 0 aliphatic rings. The predicted octanol–water partition coefficient (Wildman–Crippen LogP) is -0.262. The Balaban J connectivity index is 2.79. The Morgan fingerprint density at radius 3 is 2.91 bits per heavy atom. The van der Waals surface area contributed by atoms with Crippen LogP contribution in [0, 0.1) is 6.85 Å². The van der Waals surface area contributed by atoms with Gasteiger partial charge in [0.15, 0.2) is 0 Å². The van der Waals surface area contributed by atoms with Crippen molar-refractivity contribution in [3.05, 3.63) is 24.0 Å². The lowest BCUT2D eigenvalue weighted by atomic mass is 10.2. The molecule has 0 unspecified atom stereocenters. The van der Waals surface area contributed by atoms with E-state index in [9.17, 15) is 0 Å². The number of pyridine rings is 1. The highest BCUT2D eigenvalue weighted by Gasteiger charge is 2.10. The molecule has 2 N–H and O–H groups in total. The van der Waals surface area contributed by atoms with E-state index in [0.29, 0.717) is 0 Å². The van der Waals surface area contributed by atoms with Gasteiger partial charge in [-0.1, -0.05) is 0 Å². The van der Waals surface area contributed by atoms with Crippen LogP contribution in [-0.4, -0.2) is 22.4 Å². The molecular weight excluding hydrogens is 145 g/mol. The first kappa shape index (κ1) is 4.74. The zero-order valence-electron chi connectivity index (χ0n) is 8.56. The fourth-order valence-electron chi connectivity index (χ4n) is 0.572. The Morgan fingerprint density at radius 2 is 2.45 bits per heavy atom. The number of hydrogen-bond donors (Lipinski definition) is 2. The molecule has 0 radical (unpaired) electrons. The van der Waals surface area contributed by atoms with Crippen LogP contribution in [0.4, 0.5) is 0 Å². The highest BCUT2D eigenvalue weighted by molar-refractivity contribution is 6.33. The van der Waals surface area contributed by atoms with Gasteiger partial charge in [-0.15, -0.1) is 0 Å². The summed E-state index contributed by atoms with van der Waals surface area (Å²) in [6.07, 6.45) is 1.11. The van der Waals surface area contributed by atoms with E-state index >= 15 is 0 Å². The van der Waals surface area contributed by atoms with Gasteiger partial charge in [0.05, 0.1) is 6.20 Å². The number of aromatic nitrogens is 1. The Hall–Kier alpha value is -1.07. The van der Waals surface area contributed by atoms with Crippen molar-refractivity contribution in [3.8, 4) is 5.75 Å². The first-order valence-corrected chi connectivity index (χ1v) is 2.89. The monoisotopic (exact) mass is 156 g/mol. The van der Waals surface area contributed by atoms with E-state index in [1.165, 1.54) is 12.1 Å². The summed E-state index contributed by atoms with van der Waals surface area (Å²) in [4.78, 5) is 3.59. The summed E-state index contributed by atoms with van der Waals surface area (Å²) in [5.41, 5.74) is -0.0720. The lowest BCUT2D eigenvalue weighted by Crippen LogP contribution is -2.20. The van der Waals surface area contributed by atoms with E-state index in [4.69, 9.17) is 14.2 Å². The molecule has 0 saturated carbocycles. The van der Waals surface area contributed by atoms with Crippen molar-refractivity contribution < 1.29 is 18.8 Å². The van der Waals surface area contributed by atoms with Crippen LogP contribution in [0.1, 0.15) is 9.81 Å². The van der Waals surface area contributed by atoms with Crippen molar-refractivity contribution in [2.45, 2.75) is 6.85 Å². The largest absolute Gasteiger partial charge is 0.707 e. The Labute approximate surface area is 68.9 Å². The molecule has 0 aliphatic heterocycles. The Morgan fingerprint density at radius 1 is 1.64 bits per heavy atom. The molecule has 0 amide bonds. The lowest BCUT2D eigenvalue weighted by molar-refractivity contribution is 0.287. The molecule has 0 spiro atoms. The van der Waals surface area contributed by atoms with Crippen LogP contribution in [0.5, 0.6) is 5.75 Å². The summed E-state index contributed by atoms with van der Waals surface area (Å²) >= 11 is 0. The van der Waals surface area contributed by atoms with E-state index in [2.05, 4.69) is 9.64 Å². The van der Waals surface area contributed by atoms with Crippen LogP contribution in [0.15, 0.2) is 18.3 Å². The molecule has 0 fully saturated rings. The molecule has 0 atom stereocenters. The molecule has 0 bridgehead atoms. The molecule has 1 heterocycles. The van der Waals surface area contributed by atoms with Gasteiger partial charge in [-0.2, -0.15) is 0 Å². The second-order valence-electron chi connectivity index (χ2n) is 1.82. The van der Waals surface area contributed by atoms with Gasteiger partial charge in [0.2, 0.25) is 0 Å². The van der Waals surface area contributed by atoms with Gasteiger partial charge in [-0.05, 0) is 19.0 Å². The van der Waals surface area contributed by atoms with Gasteiger partial charge < -0.3 is 14.7 Å². The molecule has 0 saturated heterocycles. The van der Waals surface area contributed by atoms with E-state index in [1.807, 2.05) is 0 Å². The highest BCUT2D eigenvalue weighted by atomic mass is 16.6. The van der Waals surface area contributed by atoms with Crippen LogP contribution in [0.2, 0.25) is 0 Å². The van der Waals surface area contributed by atoms with Crippen LogP contribution in [0.3, 0.4) is 0 Å². The number of hydrogen-bond acceptors (Lipinski definition) is 4. The van der Waals surface area contributed by atoms with E-state index < -0.39 is 14.2 Å². The van der Waals surface area contributed by atoms with Crippen LogP contribution in [-0.2, 0) is 0 Å². The van der Waals surface area contributed by atoms with E-state index in [0.717, 1.165) is 6.20 Å². The summed E-state index contributed by atoms with van der Waals surface area (Å²) in [7, 11) is -1.93. The van der Waals surface area contributed by atoms with Crippen molar-refractivity contribution in [2.75, 3.05) is 0 Å². The molecule has 1 aromatic rings. The third-order valence-corrected chi connectivity index (χ3v) is 0.978. The summed E-state index contributed by atoms with van der Waals surface area (Å²) in [5.74, 6) is 0.0907. The molecule has 1 rings (SSSR count). The maximum atomic E-state index is 8.43. The predicted molar refractivity (Wildman–Crippen MR) is 39.8 cm³/mol. The zero-order valence-corrected chi connectivity index (χ0v) is 5.56. The normalized spacial score (nSPS) is 14.5. The summed E-state index contributed by atoms with van der Waals surface area (Å²) in [6.45, 7) is -2.27. The van der Waals surface area contributed by atoms with Crippen molar-refractivity contribution in [3.63, 3.8) is 0 Å². The second-order valence-corrected chi connectivity index (χ2v) is 1.82. The average molecular weight is 156 g/mol. The van der Waals surface area contributed by atoms with E-state index in [1.54, 1.807) is 0 Å². The van der Waals surface area contributed by atoms with Crippen molar-refractivity contribution in [2.24, 2.45) is 0 Å². The SMILES string of the molecule is [2H]C([2H])([2H])c1ccc(OB(O)O)cn1. The second kappa shape index (κ2) is 3.36. The minimum Gasteiger partial charge on any atom is -0.511 e. The van der Waals surface area contributed by atoms with Gasteiger partial charge in [0.1, 0.15) is 5.75 Å². The van der Waals surface area contributed by atoms with Crippen molar-refractivity contribution >= 4 is 7.32 Å². The van der Waals surface area contributed by atoms with Gasteiger partial charge >= 0.3 is 7.32 Å². The maximum Gasteiger partial charge on any atom is 0.707 e. The smallest absolute Gasteiger partial charge is 0.511 e. The average Bonchev–Trinajstić information content (AvgIpc) is 2.02. The third-order valence-electron chi connectivity index (χ3n) is 0.978. The van der Waals surface area contributed by atoms with Crippen LogP contribution < -0.4 is 4.65 Å². The lowest BCUT2D eigenvalue weighted by Gasteiger charge is -2.02. The number of rotatable bonds is 2. The number of aryl methyl sites for hydroxylation is 1. The van der Waals surface area contributed by atoms with E-state index in [-0.39, 0.29) is 11.4 Å². The highest BCUT2D eigenvalue weighted by Crippen LogP contribution is 2.07. The first-order valence-electron chi connectivity index (χ1n) is 4.39. The quantitative estimate of drug-likeness (QED) is 0.579. The molecule has 0 aromatic carbocycles. The van der Waals surface area contributed by atoms with Gasteiger partial charge in [-0.3, -0.25) is 4.98 Å². The molecule has 5 heteroatoms.